The van der Waals surface area contributed by atoms with Crippen molar-refractivity contribution in [2.24, 2.45) is 0 Å². The zero-order valence-corrected chi connectivity index (χ0v) is 9.06. The van der Waals surface area contributed by atoms with Gasteiger partial charge < -0.3 is 15.0 Å². The van der Waals surface area contributed by atoms with Gasteiger partial charge in [-0.05, 0) is 7.05 Å². The summed E-state index contributed by atoms with van der Waals surface area (Å²) in [5, 5.41) is 3.08. The van der Waals surface area contributed by atoms with E-state index in [9.17, 15) is 0 Å². The Morgan fingerprint density at radius 1 is 1.79 bits per heavy atom. The summed E-state index contributed by atoms with van der Waals surface area (Å²) in [6.45, 7) is 1.66. The third kappa shape index (κ3) is 2.29. The number of nitrogens with zero attached hydrogens (tertiary/aromatic N) is 1. The normalized spacial score (nSPS) is 22.5. The van der Waals surface area contributed by atoms with E-state index >= 15 is 0 Å². The molecule has 0 bridgehead atoms. The first-order chi connectivity index (χ1) is 6.90. The van der Waals surface area contributed by atoms with E-state index in [0.717, 1.165) is 36.2 Å². The Kier molecular flexibility index (Phi) is 3.44. The minimum Gasteiger partial charge on any atom is -0.369 e. The molecule has 2 rings (SSSR count). The number of imidazole rings is 1. The molecule has 0 spiro atoms. The SMILES string of the molecule is CNCc1cnc(C2CSCCO2)[nH]1. The van der Waals surface area contributed by atoms with Gasteiger partial charge in [0.05, 0.1) is 6.61 Å². The first kappa shape index (κ1) is 10.0. The van der Waals surface area contributed by atoms with Crippen LogP contribution in [0.3, 0.4) is 0 Å². The molecule has 1 aliphatic rings. The van der Waals surface area contributed by atoms with Gasteiger partial charge in [0.15, 0.2) is 0 Å². The third-order valence-electron chi connectivity index (χ3n) is 2.14. The Balaban J connectivity index is 2.00. The molecule has 2 heterocycles. The standard InChI is InChI=1S/C9H15N3OS/c1-10-4-7-5-11-9(12-7)8-6-14-3-2-13-8/h5,8,10H,2-4,6H2,1H3,(H,11,12). The summed E-state index contributed by atoms with van der Waals surface area (Å²) in [5.74, 6) is 3.06. The average molecular weight is 213 g/mol. The quantitative estimate of drug-likeness (QED) is 0.784. The van der Waals surface area contributed by atoms with Crippen LogP contribution in [0.1, 0.15) is 17.6 Å². The van der Waals surface area contributed by atoms with Gasteiger partial charge in [-0.25, -0.2) is 4.98 Å². The lowest BCUT2D eigenvalue weighted by Gasteiger charge is -2.20. The summed E-state index contributed by atoms with van der Waals surface area (Å²) < 4.78 is 5.62. The van der Waals surface area contributed by atoms with Crippen LogP contribution in [0.15, 0.2) is 6.20 Å². The Labute approximate surface area is 87.8 Å². The van der Waals surface area contributed by atoms with E-state index < -0.39 is 0 Å². The van der Waals surface area contributed by atoms with Gasteiger partial charge in [0.1, 0.15) is 11.9 Å². The fourth-order valence-corrected chi connectivity index (χ4v) is 2.31. The van der Waals surface area contributed by atoms with Gasteiger partial charge in [-0.1, -0.05) is 0 Å². The molecule has 1 atom stereocenters. The van der Waals surface area contributed by atoms with Crippen molar-refractivity contribution < 1.29 is 4.74 Å². The van der Waals surface area contributed by atoms with Crippen molar-refractivity contribution in [1.29, 1.82) is 0 Å². The minimum atomic E-state index is 0.152. The van der Waals surface area contributed by atoms with E-state index in [-0.39, 0.29) is 6.10 Å². The van der Waals surface area contributed by atoms with Crippen LogP contribution < -0.4 is 5.32 Å². The zero-order valence-electron chi connectivity index (χ0n) is 8.25. The molecule has 0 aliphatic carbocycles. The van der Waals surface area contributed by atoms with Crippen molar-refractivity contribution in [3.8, 4) is 0 Å². The lowest BCUT2D eigenvalue weighted by molar-refractivity contribution is 0.0700. The molecule has 5 heteroatoms. The maximum Gasteiger partial charge on any atom is 0.136 e. The molecule has 1 saturated heterocycles. The summed E-state index contributed by atoms with van der Waals surface area (Å²) in [7, 11) is 1.92. The van der Waals surface area contributed by atoms with E-state index in [1.165, 1.54) is 0 Å². The van der Waals surface area contributed by atoms with Crippen molar-refractivity contribution >= 4 is 11.8 Å². The van der Waals surface area contributed by atoms with Gasteiger partial charge in [-0.3, -0.25) is 0 Å². The second kappa shape index (κ2) is 4.82. The summed E-state index contributed by atoms with van der Waals surface area (Å²) >= 11 is 1.92. The molecule has 0 radical (unpaired) electrons. The Morgan fingerprint density at radius 2 is 2.71 bits per heavy atom. The van der Waals surface area contributed by atoms with Crippen LogP contribution in [0, 0.1) is 0 Å². The molecular formula is C9H15N3OS. The van der Waals surface area contributed by atoms with Crippen LogP contribution in [0.25, 0.3) is 0 Å². The highest BCUT2D eigenvalue weighted by Crippen LogP contribution is 2.24. The fraction of sp³-hybridized carbons (Fsp3) is 0.667. The van der Waals surface area contributed by atoms with Crippen molar-refractivity contribution in [2.45, 2.75) is 12.6 Å². The largest absolute Gasteiger partial charge is 0.369 e. The fourth-order valence-electron chi connectivity index (χ4n) is 1.47. The van der Waals surface area contributed by atoms with Gasteiger partial charge in [0.2, 0.25) is 0 Å². The number of thioether (sulfide) groups is 1. The number of aromatic nitrogens is 2. The average Bonchev–Trinajstić information content (AvgIpc) is 2.68. The molecule has 4 nitrogen and oxygen atoms in total. The van der Waals surface area contributed by atoms with Crippen molar-refractivity contribution in [2.75, 3.05) is 25.2 Å². The van der Waals surface area contributed by atoms with Crippen molar-refractivity contribution in [3.05, 3.63) is 17.7 Å². The van der Waals surface area contributed by atoms with Crippen LogP contribution >= 0.6 is 11.8 Å². The van der Waals surface area contributed by atoms with Crippen LogP contribution in [0.4, 0.5) is 0 Å². The van der Waals surface area contributed by atoms with E-state index in [1.54, 1.807) is 0 Å². The summed E-state index contributed by atoms with van der Waals surface area (Å²) in [5.41, 5.74) is 1.11. The van der Waals surface area contributed by atoms with Gasteiger partial charge in [-0.2, -0.15) is 11.8 Å². The minimum absolute atomic E-state index is 0.152. The van der Waals surface area contributed by atoms with Crippen molar-refractivity contribution in [1.82, 2.24) is 15.3 Å². The Hall–Kier alpha value is -0.520. The number of ether oxygens (including phenoxy) is 1. The third-order valence-corrected chi connectivity index (χ3v) is 3.13. The molecule has 14 heavy (non-hydrogen) atoms. The molecule has 1 aromatic rings. The number of H-pyrrole nitrogens is 1. The highest BCUT2D eigenvalue weighted by atomic mass is 32.2. The maximum absolute atomic E-state index is 5.62. The first-order valence-electron chi connectivity index (χ1n) is 4.78. The summed E-state index contributed by atoms with van der Waals surface area (Å²) in [6, 6.07) is 0. The van der Waals surface area contributed by atoms with E-state index in [4.69, 9.17) is 4.74 Å². The number of nitrogens with one attached hydrogen (secondary N) is 2. The van der Waals surface area contributed by atoms with E-state index in [1.807, 2.05) is 25.0 Å². The van der Waals surface area contributed by atoms with Gasteiger partial charge in [0, 0.05) is 29.9 Å². The predicted molar refractivity (Wildman–Crippen MR) is 57.4 cm³/mol. The monoisotopic (exact) mass is 213 g/mol. The second-order valence-electron chi connectivity index (χ2n) is 3.26. The molecule has 0 amide bonds. The van der Waals surface area contributed by atoms with Gasteiger partial charge in [0.25, 0.3) is 0 Å². The molecule has 1 aromatic heterocycles. The molecule has 1 fully saturated rings. The van der Waals surface area contributed by atoms with Crippen molar-refractivity contribution in [3.63, 3.8) is 0 Å². The van der Waals surface area contributed by atoms with E-state index in [0.29, 0.717) is 0 Å². The Bertz CT molecular complexity index is 283. The second-order valence-corrected chi connectivity index (χ2v) is 4.41. The lowest BCUT2D eigenvalue weighted by Crippen LogP contribution is -2.17. The van der Waals surface area contributed by atoms with Gasteiger partial charge >= 0.3 is 0 Å². The highest BCUT2D eigenvalue weighted by molar-refractivity contribution is 7.99. The molecule has 1 aliphatic heterocycles. The predicted octanol–water partition coefficient (Wildman–Crippen LogP) is 0.934. The maximum atomic E-state index is 5.62. The smallest absolute Gasteiger partial charge is 0.136 e. The topological polar surface area (TPSA) is 49.9 Å². The van der Waals surface area contributed by atoms with Crippen LogP contribution in [-0.4, -0.2) is 35.1 Å². The summed E-state index contributed by atoms with van der Waals surface area (Å²) in [4.78, 5) is 7.60. The summed E-state index contributed by atoms with van der Waals surface area (Å²) in [6.07, 6.45) is 2.02. The number of rotatable bonds is 3. The van der Waals surface area contributed by atoms with Crippen LogP contribution in [0.5, 0.6) is 0 Å². The molecule has 78 valence electrons. The number of aromatic amines is 1. The van der Waals surface area contributed by atoms with Crippen LogP contribution in [0.2, 0.25) is 0 Å². The van der Waals surface area contributed by atoms with Gasteiger partial charge in [-0.15, -0.1) is 0 Å². The number of hydrogen-bond donors (Lipinski definition) is 2. The zero-order chi connectivity index (χ0) is 9.80. The van der Waals surface area contributed by atoms with E-state index in [2.05, 4.69) is 15.3 Å². The highest BCUT2D eigenvalue weighted by Gasteiger charge is 2.18. The molecule has 1 unspecified atom stereocenters. The van der Waals surface area contributed by atoms with Crippen LogP contribution in [-0.2, 0) is 11.3 Å². The molecular weight excluding hydrogens is 198 g/mol. The Morgan fingerprint density at radius 3 is 3.43 bits per heavy atom. The lowest BCUT2D eigenvalue weighted by atomic mass is 10.4. The molecule has 0 saturated carbocycles. The molecule has 2 N–H and O–H groups in total. The first-order valence-corrected chi connectivity index (χ1v) is 5.93. The molecule has 0 aromatic carbocycles. The number of hydrogen-bond acceptors (Lipinski definition) is 4.